The number of ether oxygens (including phenoxy) is 1. The van der Waals surface area contributed by atoms with E-state index in [1.165, 1.54) is 36.7 Å². The van der Waals surface area contributed by atoms with Gasteiger partial charge in [0.1, 0.15) is 11.4 Å². The largest absolute Gasteiger partial charge is 0.496 e. The molecule has 0 bridgehead atoms. The quantitative estimate of drug-likeness (QED) is 0.675. The van der Waals surface area contributed by atoms with Gasteiger partial charge in [-0.1, -0.05) is 6.07 Å². The van der Waals surface area contributed by atoms with E-state index in [1.807, 2.05) is 4.90 Å². The topological polar surface area (TPSA) is 45.7 Å². The third-order valence-corrected chi connectivity index (χ3v) is 7.21. The van der Waals surface area contributed by atoms with E-state index < -0.39 is 5.67 Å². The molecule has 1 aromatic heterocycles. The number of amides is 1. The van der Waals surface area contributed by atoms with Crippen LogP contribution in [0.3, 0.4) is 0 Å². The minimum atomic E-state index is -1.51. The number of pyridine rings is 1. The lowest BCUT2D eigenvalue weighted by Crippen LogP contribution is -2.57. The third kappa shape index (κ3) is 4.25. The van der Waals surface area contributed by atoms with Crippen LogP contribution in [0.1, 0.15) is 71.9 Å². The number of carbonyl (C=O) groups is 1. The molecule has 0 aliphatic carbocycles. The molecule has 0 N–H and O–H groups in total. The number of piperazine rings is 1. The maximum atomic E-state index is 14.1. The Labute approximate surface area is 190 Å². The van der Waals surface area contributed by atoms with Crippen molar-refractivity contribution in [2.75, 3.05) is 26.7 Å². The fourth-order valence-corrected chi connectivity index (χ4v) is 5.22. The number of fused-ring (bicyclic) bond motifs is 1. The van der Waals surface area contributed by atoms with E-state index in [0.717, 1.165) is 38.1 Å². The predicted molar refractivity (Wildman–Crippen MR) is 124 cm³/mol. The molecule has 2 aromatic rings. The number of piperidine rings is 1. The Morgan fingerprint density at radius 1 is 1.12 bits per heavy atom. The Bertz CT molecular complexity index is 984. The van der Waals surface area contributed by atoms with Crippen LogP contribution in [-0.4, -0.2) is 53.5 Å². The first kappa shape index (κ1) is 22.7. The van der Waals surface area contributed by atoms with Gasteiger partial charge in [0.2, 0.25) is 0 Å². The van der Waals surface area contributed by atoms with Gasteiger partial charge in [-0.15, -0.1) is 0 Å². The van der Waals surface area contributed by atoms with Gasteiger partial charge in [0.15, 0.2) is 0 Å². The number of methoxy groups -OCH3 is 1. The Hall–Kier alpha value is -2.47. The summed E-state index contributed by atoms with van der Waals surface area (Å²) in [6, 6.07) is 8.34. The highest BCUT2D eigenvalue weighted by atomic mass is 19.1. The highest BCUT2D eigenvalue weighted by Gasteiger charge is 2.38. The molecule has 2 atom stereocenters. The lowest BCUT2D eigenvalue weighted by atomic mass is 9.86. The van der Waals surface area contributed by atoms with E-state index >= 15 is 0 Å². The minimum absolute atomic E-state index is 0.0149. The van der Waals surface area contributed by atoms with E-state index in [9.17, 15) is 9.18 Å². The van der Waals surface area contributed by atoms with Crippen LogP contribution in [0, 0.1) is 13.8 Å². The lowest BCUT2D eigenvalue weighted by molar-refractivity contribution is 0.0101. The number of rotatable bonds is 4. The molecule has 0 radical (unpaired) electrons. The second-order valence-corrected chi connectivity index (χ2v) is 9.60. The van der Waals surface area contributed by atoms with Crippen LogP contribution in [-0.2, 0) is 5.67 Å². The molecule has 2 fully saturated rings. The summed E-state index contributed by atoms with van der Waals surface area (Å²) >= 11 is 0. The molecule has 0 unspecified atom stereocenters. The maximum absolute atomic E-state index is 14.1. The Kier molecular flexibility index (Phi) is 6.26. The van der Waals surface area contributed by atoms with E-state index in [1.54, 1.807) is 19.2 Å². The fourth-order valence-electron chi connectivity index (χ4n) is 5.22. The first-order chi connectivity index (χ1) is 15.2. The minimum Gasteiger partial charge on any atom is -0.496 e. The molecular formula is C26H34FN3O2. The molecule has 2 aliphatic heterocycles. The van der Waals surface area contributed by atoms with Gasteiger partial charge in [-0.05, 0) is 81.8 Å². The smallest absolute Gasteiger partial charge is 0.255 e. The normalized spacial score (nSPS) is 21.9. The van der Waals surface area contributed by atoms with Crippen molar-refractivity contribution in [3.8, 4) is 5.75 Å². The molecule has 3 heterocycles. The number of carbonyl (C=O) groups excluding carboxylic acids is 1. The van der Waals surface area contributed by atoms with Gasteiger partial charge in [0, 0.05) is 37.9 Å². The summed E-state index contributed by atoms with van der Waals surface area (Å²) < 4.78 is 19.6. The van der Waals surface area contributed by atoms with Gasteiger partial charge in [-0.3, -0.25) is 14.7 Å². The van der Waals surface area contributed by atoms with E-state index in [4.69, 9.17) is 4.74 Å². The lowest BCUT2D eigenvalue weighted by Gasteiger charge is -2.48. The van der Waals surface area contributed by atoms with Crippen LogP contribution in [0.5, 0.6) is 5.75 Å². The van der Waals surface area contributed by atoms with Gasteiger partial charge in [-0.2, -0.15) is 0 Å². The predicted octanol–water partition coefficient (Wildman–Crippen LogP) is 4.96. The molecule has 0 spiro atoms. The van der Waals surface area contributed by atoms with Crippen molar-refractivity contribution < 1.29 is 13.9 Å². The number of aromatic nitrogens is 1. The van der Waals surface area contributed by atoms with Crippen molar-refractivity contribution in [3.05, 3.63) is 58.4 Å². The van der Waals surface area contributed by atoms with Crippen molar-refractivity contribution >= 4 is 5.91 Å². The van der Waals surface area contributed by atoms with Crippen molar-refractivity contribution in [2.45, 2.75) is 64.7 Å². The van der Waals surface area contributed by atoms with Crippen LogP contribution in [0.4, 0.5) is 4.39 Å². The second-order valence-electron chi connectivity index (χ2n) is 9.60. The molecule has 1 aromatic carbocycles. The SMILES string of the molecule is COc1ccc([C@H]2CCC[C@H]3CN(C(=O)c4ccc(C(C)(C)F)nc4)CCN32)c(C)c1C. The average Bonchev–Trinajstić information content (AvgIpc) is 2.79. The zero-order chi connectivity index (χ0) is 23.0. The first-order valence-corrected chi connectivity index (χ1v) is 11.5. The molecule has 4 rings (SSSR count). The Morgan fingerprint density at radius 2 is 1.91 bits per heavy atom. The van der Waals surface area contributed by atoms with Crippen LogP contribution >= 0.6 is 0 Å². The van der Waals surface area contributed by atoms with Gasteiger partial charge in [0.25, 0.3) is 5.91 Å². The van der Waals surface area contributed by atoms with Crippen LogP contribution < -0.4 is 4.74 Å². The monoisotopic (exact) mass is 439 g/mol. The maximum Gasteiger partial charge on any atom is 0.255 e. The average molecular weight is 440 g/mol. The summed E-state index contributed by atoms with van der Waals surface area (Å²) in [6.07, 6.45) is 4.90. The van der Waals surface area contributed by atoms with E-state index in [2.05, 4.69) is 35.9 Å². The van der Waals surface area contributed by atoms with Crippen molar-refractivity contribution in [2.24, 2.45) is 0 Å². The van der Waals surface area contributed by atoms with Crippen molar-refractivity contribution in [1.29, 1.82) is 0 Å². The fraction of sp³-hybridized carbons (Fsp3) is 0.538. The van der Waals surface area contributed by atoms with Crippen LogP contribution in [0.2, 0.25) is 0 Å². The summed E-state index contributed by atoms with van der Waals surface area (Å²) in [5, 5.41) is 0. The van der Waals surface area contributed by atoms with Gasteiger partial charge in [-0.25, -0.2) is 4.39 Å². The van der Waals surface area contributed by atoms with Gasteiger partial charge < -0.3 is 9.64 Å². The molecule has 2 aliphatic rings. The zero-order valence-corrected chi connectivity index (χ0v) is 19.8. The number of hydrogen-bond donors (Lipinski definition) is 0. The van der Waals surface area contributed by atoms with Gasteiger partial charge >= 0.3 is 0 Å². The molecule has 5 nitrogen and oxygen atoms in total. The van der Waals surface area contributed by atoms with Crippen LogP contribution in [0.15, 0.2) is 30.5 Å². The van der Waals surface area contributed by atoms with Crippen LogP contribution in [0.25, 0.3) is 0 Å². The van der Waals surface area contributed by atoms with Crippen molar-refractivity contribution in [3.63, 3.8) is 0 Å². The second kappa shape index (κ2) is 8.81. The first-order valence-electron chi connectivity index (χ1n) is 11.5. The Morgan fingerprint density at radius 3 is 2.56 bits per heavy atom. The molecule has 32 heavy (non-hydrogen) atoms. The van der Waals surface area contributed by atoms with E-state index in [0.29, 0.717) is 29.9 Å². The molecule has 0 saturated carbocycles. The zero-order valence-electron chi connectivity index (χ0n) is 19.8. The summed E-state index contributed by atoms with van der Waals surface area (Å²) in [5.41, 5.74) is 3.24. The molecule has 6 heteroatoms. The molecule has 172 valence electrons. The van der Waals surface area contributed by atoms with Gasteiger partial charge in [0.05, 0.1) is 18.4 Å². The number of nitrogens with zero attached hydrogens (tertiary/aromatic N) is 3. The molecule has 2 saturated heterocycles. The summed E-state index contributed by atoms with van der Waals surface area (Å²) in [5.74, 6) is 0.920. The Balaban J connectivity index is 1.49. The highest BCUT2D eigenvalue weighted by molar-refractivity contribution is 5.94. The summed E-state index contributed by atoms with van der Waals surface area (Å²) in [4.78, 5) is 21.8. The number of halogens is 1. The highest BCUT2D eigenvalue weighted by Crippen LogP contribution is 2.39. The molecule has 1 amide bonds. The number of hydrogen-bond acceptors (Lipinski definition) is 4. The van der Waals surface area contributed by atoms with E-state index in [-0.39, 0.29) is 5.91 Å². The summed E-state index contributed by atoms with van der Waals surface area (Å²) in [7, 11) is 1.72. The summed E-state index contributed by atoms with van der Waals surface area (Å²) in [6.45, 7) is 9.53. The number of alkyl halides is 1. The molecular weight excluding hydrogens is 405 g/mol. The third-order valence-electron chi connectivity index (χ3n) is 7.21. The van der Waals surface area contributed by atoms with Crippen molar-refractivity contribution in [1.82, 2.24) is 14.8 Å². The standard InChI is InChI=1S/C26H34FN3O2/c1-17-18(2)23(32-5)11-10-21(17)22-8-6-7-20-16-29(13-14-30(20)22)25(31)19-9-12-24(28-15-19)26(3,4)27/h9-12,15,20,22H,6-8,13-14,16H2,1-5H3/t20-,22+/m0/s1. The number of benzene rings is 1.